The maximum Gasteiger partial charge on any atom is 0.317 e. The van der Waals surface area contributed by atoms with Gasteiger partial charge in [0.15, 0.2) is 0 Å². The fraction of sp³-hybridized carbons (Fsp3) is 0.857. The van der Waals surface area contributed by atoms with Crippen LogP contribution in [0.3, 0.4) is 0 Å². The maximum atomic E-state index is 12.1. The van der Waals surface area contributed by atoms with Crippen molar-refractivity contribution in [2.24, 2.45) is 5.41 Å². The molecule has 2 N–H and O–H groups in total. The summed E-state index contributed by atoms with van der Waals surface area (Å²) in [6, 6.07) is -0.214. The van der Waals surface area contributed by atoms with E-state index in [4.69, 9.17) is 4.74 Å². The van der Waals surface area contributed by atoms with E-state index in [0.29, 0.717) is 25.9 Å². The summed E-state index contributed by atoms with van der Waals surface area (Å²) in [5.74, 6) is -0.799. The van der Waals surface area contributed by atoms with Crippen molar-refractivity contribution in [3.05, 3.63) is 0 Å². The standard InChI is InChI=1S/C14H26N2O4/c1-5-6-14(11(17)18)7-8-16(10-14)12(19)15-9-13(2,3)20-4/h5-10H2,1-4H3,(H,15,19)(H,17,18). The minimum atomic E-state index is -0.799. The van der Waals surface area contributed by atoms with E-state index < -0.39 is 17.0 Å². The average molecular weight is 286 g/mol. The van der Waals surface area contributed by atoms with Gasteiger partial charge in [-0.25, -0.2) is 4.79 Å². The molecule has 1 atom stereocenters. The van der Waals surface area contributed by atoms with Gasteiger partial charge in [-0.3, -0.25) is 4.79 Å². The summed E-state index contributed by atoms with van der Waals surface area (Å²) in [5, 5.41) is 12.2. The van der Waals surface area contributed by atoms with Crippen molar-refractivity contribution in [2.45, 2.75) is 45.6 Å². The third-order valence-electron chi connectivity index (χ3n) is 4.04. The van der Waals surface area contributed by atoms with Crippen molar-refractivity contribution in [1.29, 1.82) is 0 Å². The zero-order valence-corrected chi connectivity index (χ0v) is 12.9. The van der Waals surface area contributed by atoms with Crippen LogP contribution >= 0.6 is 0 Å². The summed E-state index contributed by atoms with van der Waals surface area (Å²) in [7, 11) is 1.60. The number of hydrogen-bond acceptors (Lipinski definition) is 3. The molecule has 1 heterocycles. The zero-order valence-electron chi connectivity index (χ0n) is 12.9. The fourth-order valence-corrected chi connectivity index (χ4v) is 2.48. The highest BCUT2D eigenvalue weighted by atomic mass is 16.5. The molecule has 0 aromatic heterocycles. The quantitative estimate of drug-likeness (QED) is 0.779. The molecule has 20 heavy (non-hydrogen) atoms. The molecule has 1 rings (SSSR count). The molecule has 0 aromatic carbocycles. The van der Waals surface area contributed by atoms with Gasteiger partial charge in [0.1, 0.15) is 0 Å². The van der Waals surface area contributed by atoms with E-state index in [1.165, 1.54) is 0 Å². The Bertz CT molecular complexity index is 370. The first-order valence-electron chi connectivity index (χ1n) is 7.08. The van der Waals surface area contributed by atoms with Gasteiger partial charge < -0.3 is 20.1 Å². The number of carboxylic acid groups (broad SMARTS) is 1. The number of aliphatic carboxylic acids is 1. The molecule has 0 saturated carbocycles. The second-order valence-electron chi connectivity index (χ2n) is 6.13. The maximum absolute atomic E-state index is 12.1. The van der Waals surface area contributed by atoms with Gasteiger partial charge in [-0.1, -0.05) is 13.3 Å². The van der Waals surface area contributed by atoms with Crippen molar-refractivity contribution in [1.82, 2.24) is 10.2 Å². The molecule has 0 spiro atoms. The van der Waals surface area contributed by atoms with Crippen LogP contribution in [0.2, 0.25) is 0 Å². The van der Waals surface area contributed by atoms with E-state index in [1.807, 2.05) is 20.8 Å². The van der Waals surface area contributed by atoms with Crippen molar-refractivity contribution in [3.63, 3.8) is 0 Å². The van der Waals surface area contributed by atoms with Crippen LogP contribution < -0.4 is 5.32 Å². The van der Waals surface area contributed by atoms with Gasteiger partial charge in [0.25, 0.3) is 0 Å². The molecule has 0 aromatic rings. The first kappa shape index (κ1) is 16.8. The molecular weight excluding hydrogens is 260 g/mol. The number of likely N-dealkylation sites (tertiary alicyclic amines) is 1. The van der Waals surface area contributed by atoms with Crippen LogP contribution in [-0.2, 0) is 9.53 Å². The third-order valence-corrected chi connectivity index (χ3v) is 4.04. The van der Waals surface area contributed by atoms with E-state index in [9.17, 15) is 14.7 Å². The summed E-state index contributed by atoms with van der Waals surface area (Å²) < 4.78 is 5.24. The van der Waals surface area contributed by atoms with Crippen LogP contribution in [0.25, 0.3) is 0 Å². The van der Waals surface area contributed by atoms with Crippen molar-refractivity contribution in [2.75, 3.05) is 26.7 Å². The first-order valence-corrected chi connectivity index (χ1v) is 7.08. The van der Waals surface area contributed by atoms with E-state index in [-0.39, 0.29) is 12.6 Å². The van der Waals surface area contributed by atoms with Gasteiger partial charge in [-0.15, -0.1) is 0 Å². The number of nitrogens with one attached hydrogen (secondary N) is 1. The molecule has 1 aliphatic heterocycles. The van der Waals surface area contributed by atoms with Crippen LogP contribution in [0.5, 0.6) is 0 Å². The molecule has 116 valence electrons. The normalized spacial score (nSPS) is 22.9. The molecule has 0 aliphatic carbocycles. The zero-order chi connectivity index (χ0) is 15.4. The predicted molar refractivity (Wildman–Crippen MR) is 75.7 cm³/mol. The number of urea groups is 1. The Hall–Kier alpha value is -1.30. The SMILES string of the molecule is CCCC1(C(=O)O)CCN(C(=O)NCC(C)(C)OC)C1. The van der Waals surface area contributed by atoms with Crippen LogP contribution in [0.1, 0.15) is 40.0 Å². The topological polar surface area (TPSA) is 78.9 Å². The molecule has 0 radical (unpaired) electrons. The van der Waals surface area contributed by atoms with Crippen LogP contribution in [0.4, 0.5) is 4.79 Å². The smallest absolute Gasteiger partial charge is 0.317 e. The molecule has 6 nitrogen and oxygen atoms in total. The van der Waals surface area contributed by atoms with E-state index >= 15 is 0 Å². The second kappa shape index (κ2) is 6.43. The van der Waals surface area contributed by atoms with Crippen LogP contribution in [-0.4, -0.2) is 54.4 Å². The Kier molecular flexibility index (Phi) is 5.39. The minimum Gasteiger partial charge on any atom is -0.481 e. The van der Waals surface area contributed by atoms with Gasteiger partial charge in [-0.2, -0.15) is 0 Å². The van der Waals surface area contributed by atoms with Gasteiger partial charge in [-0.05, 0) is 26.7 Å². The Morgan fingerprint density at radius 2 is 2.10 bits per heavy atom. The lowest BCUT2D eigenvalue weighted by atomic mass is 9.83. The average Bonchev–Trinajstić information content (AvgIpc) is 2.82. The third kappa shape index (κ3) is 3.85. The fourth-order valence-electron chi connectivity index (χ4n) is 2.48. The summed E-state index contributed by atoms with van der Waals surface area (Å²) in [6.45, 7) is 6.91. The predicted octanol–water partition coefficient (Wildman–Crippen LogP) is 1.70. The number of amides is 2. The van der Waals surface area contributed by atoms with Crippen LogP contribution in [0.15, 0.2) is 0 Å². The molecule has 1 aliphatic rings. The molecular formula is C14H26N2O4. The summed E-state index contributed by atoms with van der Waals surface area (Å²) in [5.41, 5.74) is -1.20. The highest BCUT2D eigenvalue weighted by Crippen LogP contribution is 2.35. The van der Waals surface area contributed by atoms with Gasteiger partial charge in [0.2, 0.25) is 0 Å². The van der Waals surface area contributed by atoms with E-state index in [1.54, 1.807) is 12.0 Å². The minimum absolute atomic E-state index is 0.214. The molecule has 1 unspecified atom stereocenters. The Labute approximate surface area is 120 Å². The van der Waals surface area contributed by atoms with Gasteiger partial charge in [0, 0.05) is 26.7 Å². The van der Waals surface area contributed by atoms with Crippen molar-refractivity contribution < 1.29 is 19.4 Å². The molecule has 1 fully saturated rings. The number of nitrogens with zero attached hydrogens (tertiary/aromatic N) is 1. The number of carbonyl (C=O) groups excluding carboxylic acids is 1. The lowest BCUT2D eigenvalue weighted by Crippen LogP contribution is -2.46. The van der Waals surface area contributed by atoms with E-state index in [0.717, 1.165) is 6.42 Å². The number of hydrogen-bond donors (Lipinski definition) is 2. The van der Waals surface area contributed by atoms with Crippen molar-refractivity contribution >= 4 is 12.0 Å². The highest BCUT2D eigenvalue weighted by Gasteiger charge is 2.45. The molecule has 6 heteroatoms. The summed E-state index contributed by atoms with van der Waals surface area (Å²) in [6.07, 6.45) is 1.94. The van der Waals surface area contributed by atoms with Gasteiger partial charge >= 0.3 is 12.0 Å². The Morgan fingerprint density at radius 1 is 1.45 bits per heavy atom. The molecule has 0 bridgehead atoms. The number of ether oxygens (including phenoxy) is 1. The number of rotatable bonds is 6. The van der Waals surface area contributed by atoms with Crippen LogP contribution in [0, 0.1) is 5.41 Å². The summed E-state index contributed by atoms with van der Waals surface area (Å²) in [4.78, 5) is 25.1. The molecule has 2 amide bonds. The van der Waals surface area contributed by atoms with Gasteiger partial charge in [0.05, 0.1) is 11.0 Å². The summed E-state index contributed by atoms with van der Waals surface area (Å²) >= 11 is 0. The second-order valence-corrected chi connectivity index (χ2v) is 6.13. The number of carbonyl (C=O) groups is 2. The van der Waals surface area contributed by atoms with Crippen molar-refractivity contribution in [3.8, 4) is 0 Å². The Morgan fingerprint density at radius 3 is 2.60 bits per heavy atom. The highest BCUT2D eigenvalue weighted by molar-refractivity contribution is 5.79. The van der Waals surface area contributed by atoms with E-state index in [2.05, 4.69) is 5.32 Å². The largest absolute Gasteiger partial charge is 0.481 e. The Balaban J connectivity index is 2.58. The molecule has 1 saturated heterocycles. The number of carboxylic acids is 1. The number of methoxy groups -OCH3 is 1. The lowest BCUT2D eigenvalue weighted by molar-refractivity contribution is -0.148. The monoisotopic (exact) mass is 286 g/mol. The first-order chi connectivity index (χ1) is 9.26. The lowest BCUT2D eigenvalue weighted by Gasteiger charge is -2.27.